The minimum atomic E-state index is -0.244. The molecule has 0 saturated carbocycles. The summed E-state index contributed by atoms with van der Waals surface area (Å²) in [6, 6.07) is 0. The number of rotatable bonds is 10. The van der Waals surface area contributed by atoms with Gasteiger partial charge in [-0.25, -0.2) is 0 Å². The number of primary amides is 1. The summed E-state index contributed by atoms with van der Waals surface area (Å²) in [7, 11) is 0. The van der Waals surface area contributed by atoms with Gasteiger partial charge in [0.05, 0.1) is 0 Å². The van der Waals surface area contributed by atoms with Gasteiger partial charge in [-0.2, -0.15) is 0 Å². The van der Waals surface area contributed by atoms with Crippen LogP contribution in [0.4, 0.5) is 0 Å². The molecule has 0 spiro atoms. The normalized spacial score (nSPS) is 12.4. The van der Waals surface area contributed by atoms with E-state index in [1.807, 2.05) is 6.92 Å². The highest BCUT2D eigenvalue weighted by Crippen LogP contribution is 2.20. The molecule has 0 aromatic carbocycles. The largest absolute Gasteiger partial charge is 0.366 e. The monoisotopic (exact) mass is 239 g/mol. The molecule has 0 saturated heterocycles. The minimum absolute atomic E-state index is 0.244. The van der Waals surface area contributed by atoms with Gasteiger partial charge >= 0.3 is 0 Å². The number of hydrogen-bond donors (Lipinski definition) is 1. The number of carbonyl (C=O) groups is 1. The maximum Gasteiger partial charge on any atom is 0.244 e. The summed E-state index contributed by atoms with van der Waals surface area (Å²) in [6.45, 7) is 6.29. The second kappa shape index (κ2) is 10.4. The molecule has 2 N–H and O–H groups in total. The van der Waals surface area contributed by atoms with E-state index in [0.717, 1.165) is 18.4 Å². The quantitative estimate of drug-likeness (QED) is 0.447. The van der Waals surface area contributed by atoms with Gasteiger partial charge in [-0.3, -0.25) is 4.79 Å². The average molecular weight is 239 g/mol. The molecule has 0 aliphatic rings. The second-order valence-electron chi connectivity index (χ2n) is 4.86. The lowest BCUT2D eigenvalue weighted by molar-refractivity contribution is -0.114. The Morgan fingerprint density at radius 1 is 0.882 bits per heavy atom. The molecule has 0 fully saturated rings. The number of unbranched alkanes of at least 4 members (excludes halogenated alkanes) is 5. The highest BCUT2D eigenvalue weighted by atomic mass is 16.1. The maximum absolute atomic E-state index is 11.2. The van der Waals surface area contributed by atoms with E-state index in [1.54, 1.807) is 0 Å². The molecule has 2 nitrogen and oxygen atoms in total. The summed E-state index contributed by atoms with van der Waals surface area (Å²) in [4.78, 5) is 11.2. The molecule has 0 atom stereocenters. The van der Waals surface area contributed by atoms with E-state index < -0.39 is 0 Å². The standard InChI is InChI=1S/C15H29NO/c1-4-6-8-10-12-14(11-9-7-5-2)13(3)15(16)17/h4-12H2,1-3H3,(H2,16,17). The second-order valence-corrected chi connectivity index (χ2v) is 4.86. The first kappa shape index (κ1) is 16.2. The van der Waals surface area contributed by atoms with E-state index in [9.17, 15) is 4.79 Å². The van der Waals surface area contributed by atoms with Crippen LogP contribution >= 0.6 is 0 Å². The van der Waals surface area contributed by atoms with Gasteiger partial charge in [0.25, 0.3) is 0 Å². The molecule has 0 aromatic heterocycles. The molecule has 0 rings (SSSR count). The van der Waals surface area contributed by atoms with Crippen LogP contribution in [0.2, 0.25) is 0 Å². The fraction of sp³-hybridized carbons (Fsp3) is 0.800. The summed E-state index contributed by atoms with van der Waals surface area (Å²) in [6.07, 6.45) is 10.8. The van der Waals surface area contributed by atoms with Crippen molar-refractivity contribution in [2.24, 2.45) is 5.73 Å². The maximum atomic E-state index is 11.2. The lowest BCUT2D eigenvalue weighted by Crippen LogP contribution is -2.14. The first-order valence-corrected chi connectivity index (χ1v) is 7.11. The van der Waals surface area contributed by atoms with Gasteiger partial charge in [-0.05, 0) is 32.6 Å². The van der Waals surface area contributed by atoms with Crippen molar-refractivity contribution in [3.05, 3.63) is 11.1 Å². The van der Waals surface area contributed by atoms with Crippen LogP contribution in [0, 0.1) is 0 Å². The third-order valence-electron chi connectivity index (χ3n) is 3.31. The molecule has 0 heterocycles. The predicted molar refractivity (Wildman–Crippen MR) is 74.8 cm³/mol. The summed E-state index contributed by atoms with van der Waals surface area (Å²) < 4.78 is 0. The number of allylic oxidation sites excluding steroid dienone is 1. The van der Waals surface area contributed by atoms with Gasteiger partial charge in [0, 0.05) is 5.57 Å². The summed E-state index contributed by atoms with van der Waals surface area (Å²) in [5.41, 5.74) is 7.47. The van der Waals surface area contributed by atoms with Crippen molar-refractivity contribution in [2.45, 2.75) is 78.6 Å². The molecule has 0 aliphatic carbocycles. The Labute approximate surface area is 107 Å². The summed E-state index contributed by atoms with van der Waals surface area (Å²) in [5.74, 6) is -0.244. The Bertz CT molecular complexity index is 243. The average Bonchev–Trinajstić information content (AvgIpc) is 2.31. The zero-order valence-electron chi connectivity index (χ0n) is 11.8. The molecule has 17 heavy (non-hydrogen) atoms. The Balaban J connectivity index is 4.21. The Morgan fingerprint density at radius 2 is 1.35 bits per heavy atom. The van der Waals surface area contributed by atoms with E-state index >= 15 is 0 Å². The number of carbonyl (C=O) groups excluding carboxylic acids is 1. The van der Waals surface area contributed by atoms with E-state index in [0.29, 0.717) is 0 Å². The van der Waals surface area contributed by atoms with Crippen molar-refractivity contribution >= 4 is 5.91 Å². The van der Waals surface area contributed by atoms with E-state index in [2.05, 4.69) is 13.8 Å². The van der Waals surface area contributed by atoms with Crippen molar-refractivity contribution in [1.29, 1.82) is 0 Å². The van der Waals surface area contributed by atoms with Crippen LogP contribution in [-0.2, 0) is 4.79 Å². The third-order valence-corrected chi connectivity index (χ3v) is 3.31. The Kier molecular flexibility index (Phi) is 9.89. The van der Waals surface area contributed by atoms with Crippen molar-refractivity contribution in [1.82, 2.24) is 0 Å². The molecule has 0 aromatic rings. The zero-order valence-corrected chi connectivity index (χ0v) is 11.8. The Hall–Kier alpha value is -0.790. The van der Waals surface area contributed by atoms with Crippen LogP contribution in [0.15, 0.2) is 11.1 Å². The van der Waals surface area contributed by atoms with Crippen LogP contribution in [0.5, 0.6) is 0 Å². The fourth-order valence-corrected chi connectivity index (χ4v) is 2.03. The molecular formula is C15H29NO. The molecule has 0 aliphatic heterocycles. The van der Waals surface area contributed by atoms with Crippen LogP contribution in [0.25, 0.3) is 0 Å². The molecule has 100 valence electrons. The van der Waals surface area contributed by atoms with Gasteiger partial charge in [0.2, 0.25) is 5.91 Å². The molecule has 1 amide bonds. The first-order chi connectivity index (χ1) is 8.13. The topological polar surface area (TPSA) is 43.1 Å². The van der Waals surface area contributed by atoms with E-state index in [1.165, 1.54) is 50.5 Å². The number of hydrogen-bond acceptors (Lipinski definition) is 1. The van der Waals surface area contributed by atoms with Crippen molar-refractivity contribution in [3.63, 3.8) is 0 Å². The molecule has 2 heteroatoms. The lowest BCUT2D eigenvalue weighted by atomic mass is 9.96. The molecule has 0 bridgehead atoms. The highest BCUT2D eigenvalue weighted by molar-refractivity contribution is 5.92. The third kappa shape index (κ3) is 8.00. The van der Waals surface area contributed by atoms with Gasteiger partial charge < -0.3 is 5.73 Å². The van der Waals surface area contributed by atoms with E-state index in [-0.39, 0.29) is 5.91 Å². The molecular weight excluding hydrogens is 210 g/mol. The SMILES string of the molecule is CCCCCCC(CCCCC)=C(C)C(N)=O. The predicted octanol–water partition coefficient (Wildman–Crippen LogP) is 4.34. The van der Waals surface area contributed by atoms with Crippen molar-refractivity contribution < 1.29 is 4.79 Å². The van der Waals surface area contributed by atoms with Crippen LogP contribution in [0.1, 0.15) is 78.6 Å². The van der Waals surface area contributed by atoms with Crippen LogP contribution < -0.4 is 5.73 Å². The molecule has 0 unspecified atom stereocenters. The van der Waals surface area contributed by atoms with Gasteiger partial charge in [0.15, 0.2) is 0 Å². The van der Waals surface area contributed by atoms with Gasteiger partial charge in [-0.1, -0.05) is 51.5 Å². The lowest BCUT2D eigenvalue weighted by Gasteiger charge is -2.10. The Morgan fingerprint density at radius 3 is 1.82 bits per heavy atom. The highest BCUT2D eigenvalue weighted by Gasteiger charge is 2.07. The smallest absolute Gasteiger partial charge is 0.244 e. The fourth-order valence-electron chi connectivity index (χ4n) is 2.03. The van der Waals surface area contributed by atoms with Crippen LogP contribution in [-0.4, -0.2) is 5.91 Å². The number of nitrogens with two attached hydrogens (primary N) is 1. The number of amides is 1. The van der Waals surface area contributed by atoms with Crippen molar-refractivity contribution in [2.75, 3.05) is 0 Å². The first-order valence-electron chi connectivity index (χ1n) is 7.11. The van der Waals surface area contributed by atoms with E-state index in [4.69, 9.17) is 5.73 Å². The van der Waals surface area contributed by atoms with Gasteiger partial charge in [-0.15, -0.1) is 0 Å². The summed E-state index contributed by atoms with van der Waals surface area (Å²) >= 11 is 0. The summed E-state index contributed by atoms with van der Waals surface area (Å²) in [5, 5.41) is 0. The minimum Gasteiger partial charge on any atom is -0.366 e. The van der Waals surface area contributed by atoms with Crippen LogP contribution in [0.3, 0.4) is 0 Å². The zero-order chi connectivity index (χ0) is 13.1. The van der Waals surface area contributed by atoms with Crippen molar-refractivity contribution in [3.8, 4) is 0 Å². The van der Waals surface area contributed by atoms with Gasteiger partial charge in [0.1, 0.15) is 0 Å². The molecule has 0 radical (unpaired) electrons.